The zero-order chi connectivity index (χ0) is 17.1. The SMILES string of the molecule is CCNc1ccc(-c2c(C(=O)OCC)cnn2C2COC2)c(F)n1. The van der Waals surface area contributed by atoms with E-state index in [-0.39, 0.29) is 23.8 Å². The Bertz CT molecular complexity index is 743. The smallest absolute Gasteiger partial charge is 0.341 e. The van der Waals surface area contributed by atoms with Crippen molar-refractivity contribution in [3.63, 3.8) is 0 Å². The van der Waals surface area contributed by atoms with E-state index in [2.05, 4.69) is 15.4 Å². The molecule has 1 fully saturated rings. The Morgan fingerprint density at radius 3 is 2.83 bits per heavy atom. The molecule has 0 bridgehead atoms. The third kappa shape index (κ3) is 2.96. The van der Waals surface area contributed by atoms with Gasteiger partial charge < -0.3 is 14.8 Å². The lowest BCUT2D eigenvalue weighted by atomic mass is 10.1. The van der Waals surface area contributed by atoms with Gasteiger partial charge in [-0.15, -0.1) is 0 Å². The first-order valence-corrected chi connectivity index (χ1v) is 7.88. The van der Waals surface area contributed by atoms with Crippen molar-refractivity contribution in [1.82, 2.24) is 14.8 Å². The van der Waals surface area contributed by atoms with Crippen LogP contribution in [-0.2, 0) is 9.47 Å². The van der Waals surface area contributed by atoms with Gasteiger partial charge in [-0.05, 0) is 26.0 Å². The van der Waals surface area contributed by atoms with Crippen LogP contribution in [0.2, 0.25) is 0 Å². The van der Waals surface area contributed by atoms with Gasteiger partial charge in [0.15, 0.2) is 0 Å². The van der Waals surface area contributed by atoms with E-state index in [9.17, 15) is 9.18 Å². The fourth-order valence-electron chi connectivity index (χ4n) is 2.52. The van der Waals surface area contributed by atoms with Crippen molar-refractivity contribution in [3.05, 3.63) is 29.8 Å². The monoisotopic (exact) mass is 334 g/mol. The van der Waals surface area contributed by atoms with Gasteiger partial charge in [0.2, 0.25) is 5.95 Å². The third-order valence-electron chi connectivity index (χ3n) is 3.72. The second-order valence-electron chi connectivity index (χ2n) is 5.33. The van der Waals surface area contributed by atoms with Crippen molar-refractivity contribution in [3.8, 4) is 11.3 Å². The zero-order valence-electron chi connectivity index (χ0n) is 13.6. The molecule has 0 unspecified atom stereocenters. The molecule has 0 radical (unpaired) electrons. The van der Waals surface area contributed by atoms with Crippen molar-refractivity contribution >= 4 is 11.8 Å². The molecule has 0 aliphatic carbocycles. The van der Waals surface area contributed by atoms with Gasteiger partial charge in [-0.2, -0.15) is 9.49 Å². The first-order valence-electron chi connectivity index (χ1n) is 7.88. The van der Waals surface area contributed by atoms with Crippen LogP contribution in [0.1, 0.15) is 30.2 Å². The molecule has 3 heterocycles. The number of halogens is 1. The van der Waals surface area contributed by atoms with Crippen molar-refractivity contribution in [2.24, 2.45) is 0 Å². The van der Waals surface area contributed by atoms with E-state index in [4.69, 9.17) is 9.47 Å². The van der Waals surface area contributed by atoms with E-state index in [1.54, 1.807) is 23.7 Å². The van der Waals surface area contributed by atoms with Gasteiger partial charge in [0, 0.05) is 6.54 Å². The quantitative estimate of drug-likeness (QED) is 0.645. The van der Waals surface area contributed by atoms with E-state index in [1.165, 1.54) is 6.20 Å². The number of aromatic nitrogens is 3. The Labute approximate surface area is 138 Å². The average molecular weight is 334 g/mol. The molecule has 1 saturated heterocycles. The first-order chi connectivity index (χ1) is 11.7. The minimum absolute atomic E-state index is 0.0315. The number of carbonyl (C=O) groups is 1. The predicted molar refractivity (Wildman–Crippen MR) is 85.4 cm³/mol. The number of rotatable bonds is 6. The van der Waals surface area contributed by atoms with Crippen molar-refractivity contribution < 1.29 is 18.7 Å². The summed E-state index contributed by atoms with van der Waals surface area (Å²) in [5.74, 6) is -0.760. The van der Waals surface area contributed by atoms with Gasteiger partial charge in [0.05, 0.1) is 43.3 Å². The number of ether oxygens (including phenoxy) is 2. The van der Waals surface area contributed by atoms with Crippen LogP contribution in [0.15, 0.2) is 18.3 Å². The summed E-state index contributed by atoms with van der Waals surface area (Å²) in [5, 5.41) is 7.20. The Morgan fingerprint density at radius 1 is 1.46 bits per heavy atom. The van der Waals surface area contributed by atoms with E-state index in [1.807, 2.05) is 6.92 Å². The maximum atomic E-state index is 14.6. The average Bonchev–Trinajstić information content (AvgIpc) is 2.91. The number of nitrogens with zero attached hydrogens (tertiary/aromatic N) is 3. The number of carbonyl (C=O) groups excluding carboxylic acids is 1. The summed E-state index contributed by atoms with van der Waals surface area (Å²) in [6, 6.07) is 3.23. The molecule has 0 spiro atoms. The summed E-state index contributed by atoms with van der Waals surface area (Å²) in [7, 11) is 0. The summed E-state index contributed by atoms with van der Waals surface area (Å²) in [5.41, 5.74) is 0.805. The molecule has 1 aliphatic heterocycles. The van der Waals surface area contributed by atoms with Crippen LogP contribution in [-0.4, -0.2) is 47.1 Å². The second kappa shape index (κ2) is 6.96. The molecule has 0 aromatic carbocycles. The molecule has 0 saturated carbocycles. The van der Waals surface area contributed by atoms with Crippen LogP contribution >= 0.6 is 0 Å². The van der Waals surface area contributed by atoms with Crippen LogP contribution in [0, 0.1) is 5.95 Å². The minimum atomic E-state index is -0.666. The topological polar surface area (TPSA) is 78.3 Å². The standard InChI is InChI=1S/C16H19FN4O3/c1-3-18-13-6-5-11(15(17)20-13)14-12(16(22)24-4-2)7-19-21(14)10-8-23-9-10/h5-7,10H,3-4,8-9H2,1-2H3,(H,18,20). The Morgan fingerprint density at radius 2 is 2.25 bits per heavy atom. The van der Waals surface area contributed by atoms with Gasteiger partial charge in [0.25, 0.3) is 0 Å². The van der Waals surface area contributed by atoms with E-state index in [0.29, 0.717) is 31.3 Å². The molecule has 3 rings (SSSR count). The van der Waals surface area contributed by atoms with Crippen LogP contribution in [0.5, 0.6) is 0 Å². The lowest BCUT2D eigenvalue weighted by Crippen LogP contribution is -2.32. The summed E-state index contributed by atoms with van der Waals surface area (Å²) in [6.45, 7) is 5.43. The largest absolute Gasteiger partial charge is 0.462 e. The molecular weight excluding hydrogens is 315 g/mol. The van der Waals surface area contributed by atoms with E-state index in [0.717, 1.165) is 0 Å². The Balaban J connectivity index is 2.07. The lowest BCUT2D eigenvalue weighted by Gasteiger charge is -2.28. The minimum Gasteiger partial charge on any atom is -0.462 e. The van der Waals surface area contributed by atoms with E-state index >= 15 is 0 Å². The Hall–Kier alpha value is -2.48. The normalized spacial score (nSPS) is 14.3. The molecule has 2 aromatic rings. The van der Waals surface area contributed by atoms with Crippen molar-refractivity contribution in [2.75, 3.05) is 31.7 Å². The summed E-state index contributed by atoms with van der Waals surface area (Å²) < 4.78 is 26.4. The number of anilines is 1. The highest BCUT2D eigenvalue weighted by Crippen LogP contribution is 2.31. The van der Waals surface area contributed by atoms with Gasteiger partial charge in [-0.1, -0.05) is 0 Å². The van der Waals surface area contributed by atoms with Gasteiger partial charge in [0.1, 0.15) is 11.4 Å². The molecule has 24 heavy (non-hydrogen) atoms. The molecule has 0 amide bonds. The van der Waals surface area contributed by atoms with E-state index < -0.39 is 11.9 Å². The lowest BCUT2D eigenvalue weighted by molar-refractivity contribution is -0.0279. The zero-order valence-corrected chi connectivity index (χ0v) is 13.6. The van der Waals surface area contributed by atoms with Crippen LogP contribution in [0.4, 0.5) is 10.2 Å². The van der Waals surface area contributed by atoms with Gasteiger partial charge in [-0.25, -0.2) is 9.78 Å². The number of hydrogen-bond acceptors (Lipinski definition) is 6. The van der Waals surface area contributed by atoms with Crippen LogP contribution < -0.4 is 5.32 Å². The fourth-order valence-corrected chi connectivity index (χ4v) is 2.52. The molecule has 8 heteroatoms. The number of nitrogens with one attached hydrogen (secondary N) is 1. The molecular formula is C16H19FN4O3. The van der Waals surface area contributed by atoms with Crippen LogP contribution in [0.3, 0.4) is 0 Å². The highest BCUT2D eigenvalue weighted by Gasteiger charge is 2.30. The Kier molecular flexibility index (Phi) is 4.75. The summed E-state index contributed by atoms with van der Waals surface area (Å²) >= 11 is 0. The maximum Gasteiger partial charge on any atom is 0.341 e. The highest BCUT2D eigenvalue weighted by atomic mass is 19.1. The summed E-state index contributed by atoms with van der Waals surface area (Å²) in [6.07, 6.45) is 1.41. The van der Waals surface area contributed by atoms with Crippen molar-refractivity contribution in [2.45, 2.75) is 19.9 Å². The maximum absolute atomic E-state index is 14.6. The molecule has 128 valence electrons. The number of pyridine rings is 1. The summed E-state index contributed by atoms with van der Waals surface area (Å²) in [4.78, 5) is 16.1. The third-order valence-corrected chi connectivity index (χ3v) is 3.72. The number of esters is 1. The fraction of sp³-hybridized carbons (Fsp3) is 0.438. The molecule has 7 nitrogen and oxygen atoms in total. The molecule has 1 aliphatic rings. The molecule has 0 atom stereocenters. The predicted octanol–water partition coefficient (Wildman–Crippen LogP) is 2.26. The molecule has 2 aromatic heterocycles. The van der Waals surface area contributed by atoms with Gasteiger partial charge >= 0.3 is 5.97 Å². The second-order valence-corrected chi connectivity index (χ2v) is 5.33. The van der Waals surface area contributed by atoms with Crippen LogP contribution in [0.25, 0.3) is 11.3 Å². The van der Waals surface area contributed by atoms with Gasteiger partial charge in [-0.3, -0.25) is 4.68 Å². The van der Waals surface area contributed by atoms with Crippen molar-refractivity contribution in [1.29, 1.82) is 0 Å². The molecule has 1 N–H and O–H groups in total. The number of hydrogen-bond donors (Lipinski definition) is 1. The highest BCUT2D eigenvalue weighted by molar-refractivity contribution is 5.96. The first kappa shape index (κ1) is 16.4.